The summed E-state index contributed by atoms with van der Waals surface area (Å²) in [4.78, 5) is 16.1. The normalized spacial score (nSPS) is 11.7. The number of rotatable bonds is 8. The molecule has 0 aliphatic heterocycles. The first kappa shape index (κ1) is 37.8. The van der Waals surface area contributed by atoms with Crippen LogP contribution >= 0.6 is 0 Å². The Bertz CT molecular complexity index is 3620. The first-order valence-corrected chi connectivity index (χ1v) is 21.8. The fourth-order valence-corrected chi connectivity index (χ4v) is 9.95. The molecule has 0 fully saturated rings. The fourth-order valence-electron chi connectivity index (χ4n) is 9.95. The molecule has 0 N–H and O–H groups in total. The zero-order valence-electron chi connectivity index (χ0n) is 35.1. The van der Waals surface area contributed by atoms with E-state index < -0.39 is 5.41 Å². The maximum absolute atomic E-state index is 9.87. The van der Waals surface area contributed by atoms with Crippen LogP contribution < -0.4 is 0 Å². The van der Waals surface area contributed by atoms with Crippen molar-refractivity contribution in [1.82, 2.24) is 24.1 Å². The van der Waals surface area contributed by atoms with E-state index in [1.54, 1.807) is 0 Å². The van der Waals surface area contributed by atoms with Crippen LogP contribution in [-0.4, -0.2) is 24.1 Å². The number of nitrogens with zero attached hydrogens (tertiary/aromatic N) is 6. The summed E-state index contributed by atoms with van der Waals surface area (Å²) in [5, 5.41) is 14.2. The van der Waals surface area contributed by atoms with Crippen LogP contribution in [0, 0.1) is 11.3 Å². The highest BCUT2D eigenvalue weighted by molar-refractivity contribution is 6.10. The van der Waals surface area contributed by atoms with Gasteiger partial charge in [-0.3, -0.25) is 4.57 Å². The third kappa shape index (κ3) is 6.06. The smallest absolute Gasteiger partial charge is 0.238 e. The molecule has 0 spiro atoms. The largest absolute Gasteiger partial charge is 0.309 e. The van der Waals surface area contributed by atoms with E-state index in [0.29, 0.717) is 23.2 Å². The SMILES string of the molecule is N#Cc1ccc2c(c1)c1ccccc1n2-c1ccccc1-c1nc(-c2ccc(C(c3ccccc3)(c3ccccc3)c3ccccc3)cc2)nc(-n2c3ccccc3c3ccccc32)n1. The Morgan fingerprint density at radius 3 is 1.38 bits per heavy atom. The molecular weight excluding hydrogens is 793 g/mol. The number of hydrogen-bond donors (Lipinski definition) is 0. The number of para-hydroxylation sites is 4. The Morgan fingerprint density at radius 2 is 0.815 bits per heavy atom. The maximum atomic E-state index is 9.87. The lowest BCUT2D eigenvalue weighted by Crippen LogP contribution is -2.30. The van der Waals surface area contributed by atoms with Crippen LogP contribution in [0.1, 0.15) is 27.8 Å². The van der Waals surface area contributed by atoms with Gasteiger partial charge in [0.15, 0.2) is 11.6 Å². The molecule has 0 atom stereocenters. The van der Waals surface area contributed by atoms with E-state index in [-0.39, 0.29) is 0 Å². The van der Waals surface area contributed by atoms with E-state index in [0.717, 1.165) is 66.0 Å². The van der Waals surface area contributed by atoms with Gasteiger partial charge in [-0.25, -0.2) is 4.98 Å². The maximum Gasteiger partial charge on any atom is 0.238 e. The predicted molar refractivity (Wildman–Crippen MR) is 262 cm³/mol. The van der Waals surface area contributed by atoms with Gasteiger partial charge in [0.1, 0.15) is 0 Å². The second kappa shape index (κ2) is 15.5. The minimum absolute atomic E-state index is 0.523. The lowest BCUT2D eigenvalue weighted by Gasteiger charge is -2.37. The number of hydrogen-bond acceptors (Lipinski definition) is 4. The van der Waals surface area contributed by atoms with Crippen molar-refractivity contribution in [3.05, 3.63) is 258 Å². The molecule has 65 heavy (non-hydrogen) atoms. The predicted octanol–water partition coefficient (Wildman–Crippen LogP) is 13.7. The van der Waals surface area contributed by atoms with E-state index in [2.05, 4.69) is 215 Å². The van der Waals surface area contributed by atoms with Crippen molar-refractivity contribution in [2.24, 2.45) is 0 Å². The zero-order chi connectivity index (χ0) is 43.3. The summed E-state index contributed by atoms with van der Waals surface area (Å²) >= 11 is 0. The summed E-state index contributed by atoms with van der Waals surface area (Å²) in [6.45, 7) is 0. The van der Waals surface area contributed by atoms with Gasteiger partial charge < -0.3 is 4.57 Å². The van der Waals surface area contributed by atoms with Crippen molar-refractivity contribution in [1.29, 1.82) is 5.26 Å². The summed E-state index contributed by atoms with van der Waals surface area (Å²) in [6, 6.07) is 82.8. The van der Waals surface area contributed by atoms with Gasteiger partial charge in [0.05, 0.1) is 44.8 Å². The fraction of sp³-hybridized carbons (Fsp3) is 0.0169. The second-order valence-corrected chi connectivity index (χ2v) is 16.3. The number of fused-ring (bicyclic) bond motifs is 6. The number of benzene rings is 9. The van der Waals surface area contributed by atoms with Crippen molar-refractivity contribution in [2.45, 2.75) is 5.41 Å². The van der Waals surface area contributed by atoms with Crippen LogP contribution in [0.4, 0.5) is 0 Å². The molecule has 0 amide bonds. The van der Waals surface area contributed by atoms with Crippen molar-refractivity contribution in [3.63, 3.8) is 0 Å². The van der Waals surface area contributed by atoms with E-state index >= 15 is 0 Å². The topological polar surface area (TPSA) is 72.3 Å². The Kier molecular flexibility index (Phi) is 8.99. The molecular formula is C59H38N6. The quantitative estimate of drug-likeness (QED) is 0.143. The number of nitriles is 1. The third-order valence-corrected chi connectivity index (χ3v) is 12.8. The molecule has 0 saturated heterocycles. The highest BCUT2D eigenvalue weighted by Crippen LogP contribution is 2.46. The molecule has 0 unspecified atom stereocenters. The van der Waals surface area contributed by atoms with Crippen LogP contribution in [0.25, 0.3) is 78.0 Å². The lowest BCUT2D eigenvalue weighted by atomic mass is 9.65. The Labute approximate surface area is 375 Å². The summed E-state index contributed by atoms with van der Waals surface area (Å²) in [7, 11) is 0. The van der Waals surface area contributed by atoms with Gasteiger partial charge in [-0.05, 0) is 70.8 Å². The van der Waals surface area contributed by atoms with Gasteiger partial charge in [0, 0.05) is 32.7 Å². The molecule has 12 rings (SSSR count). The van der Waals surface area contributed by atoms with Crippen molar-refractivity contribution < 1.29 is 0 Å². The van der Waals surface area contributed by atoms with Gasteiger partial charge in [-0.2, -0.15) is 15.2 Å². The van der Waals surface area contributed by atoms with Gasteiger partial charge in [0.2, 0.25) is 5.95 Å². The molecule has 9 aromatic carbocycles. The molecule has 0 aliphatic rings. The molecule has 0 saturated carbocycles. The van der Waals surface area contributed by atoms with Crippen LogP contribution in [0.15, 0.2) is 231 Å². The minimum Gasteiger partial charge on any atom is -0.309 e. The second-order valence-electron chi connectivity index (χ2n) is 16.3. The highest BCUT2D eigenvalue weighted by atomic mass is 15.2. The molecule has 0 aliphatic carbocycles. The van der Waals surface area contributed by atoms with Crippen LogP contribution in [0.2, 0.25) is 0 Å². The summed E-state index contributed by atoms with van der Waals surface area (Å²) in [6.07, 6.45) is 0. The van der Waals surface area contributed by atoms with E-state index in [9.17, 15) is 5.26 Å². The molecule has 12 aromatic rings. The lowest BCUT2D eigenvalue weighted by molar-refractivity contribution is 0.745. The van der Waals surface area contributed by atoms with E-state index in [4.69, 9.17) is 15.0 Å². The molecule has 6 heteroatoms. The van der Waals surface area contributed by atoms with Crippen LogP contribution in [0.5, 0.6) is 0 Å². The average Bonchev–Trinajstić information content (AvgIpc) is 3.90. The minimum atomic E-state index is -0.601. The van der Waals surface area contributed by atoms with E-state index in [1.165, 1.54) is 16.7 Å². The molecule has 3 aromatic heterocycles. The van der Waals surface area contributed by atoms with E-state index in [1.807, 2.05) is 30.3 Å². The Hall–Kier alpha value is -8.92. The monoisotopic (exact) mass is 830 g/mol. The van der Waals surface area contributed by atoms with Gasteiger partial charge in [-0.15, -0.1) is 0 Å². The summed E-state index contributed by atoms with van der Waals surface area (Å²) < 4.78 is 4.42. The first-order chi connectivity index (χ1) is 32.2. The van der Waals surface area contributed by atoms with Gasteiger partial charge in [0.25, 0.3) is 0 Å². The van der Waals surface area contributed by atoms with Gasteiger partial charge in [-0.1, -0.05) is 182 Å². The van der Waals surface area contributed by atoms with Gasteiger partial charge >= 0.3 is 0 Å². The Morgan fingerprint density at radius 1 is 0.369 bits per heavy atom. The molecule has 304 valence electrons. The first-order valence-electron chi connectivity index (χ1n) is 21.8. The zero-order valence-corrected chi connectivity index (χ0v) is 35.1. The van der Waals surface area contributed by atoms with Crippen molar-refractivity contribution in [2.75, 3.05) is 0 Å². The third-order valence-electron chi connectivity index (χ3n) is 12.8. The Balaban J connectivity index is 1.10. The van der Waals surface area contributed by atoms with Crippen molar-refractivity contribution >= 4 is 43.6 Å². The van der Waals surface area contributed by atoms with Crippen LogP contribution in [0.3, 0.4) is 0 Å². The van der Waals surface area contributed by atoms with Crippen LogP contribution in [-0.2, 0) is 5.41 Å². The standard InChI is InChI=1S/C59H38N6/c60-39-40-32-37-55-50(38-40)48-26-12-14-28-51(48)64(55)54-31-17-13-27-49(54)57-61-56(62-58(63-57)65-52-29-15-10-24-46(52)47-25-11-16-30-53(47)65)41-33-35-45(36-34-41)59(42-18-4-1-5-19-42,43-20-6-2-7-21-43)44-22-8-3-9-23-44/h1-38H. The highest BCUT2D eigenvalue weighted by Gasteiger charge is 2.38. The molecule has 6 nitrogen and oxygen atoms in total. The molecule has 3 heterocycles. The number of aromatic nitrogens is 5. The molecule has 0 radical (unpaired) electrons. The molecule has 0 bridgehead atoms. The average molecular weight is 831 g/mol. The van der Waals surface area contributed by atoms with Crippen molar-refractivity contribution in [3.8, 4) is 40.5 Å². The summed E-state index contributed by atoms with van der Waals surface area (Å²) in [5.41, 5.74) is 11.3. The summed E-state index contributed by atoms with van der Waals surface area (Å²) in [5.74, 6) is 1.62.